The van der Waals surface area contributed by atoms with Gasteiger partial charge in [0.15, 0.2) is 0 Å². The third-order valence-corrected chi connectivity index (χ3v) is 3.15. The van der Waals surface area contributed by atoms with Crippen LogP contribution in [-0.2, 0) is 0 Å². The van der Waals surface area contributed by atoms with Crippen molar-refractivity contribution in [1.82, 2.24) is 0 Å². The number of nitrogens with zero attached hydrogens (tertiary/aromatic N) is 1. The predicted octanol–water partition coefficient (Wildman–Crippen LogP) is 3.72. The van der Waals surface area contributed by atoms with Gasteiger partial charge in [-0.1, -0.05) is 13.8 Å². The lowest BCUT2D eigenvalue weighted by Gasteiger charge is -2.29. The van der Waals surface area contributed by atoms with Gasteiger partial charge in [-0.05, 0) is 25.8 Å². The fourth-order valence-electron chi connectivity index (χ4n) is 1.52. The smallest absolute Gasteiger partial charge is 0.292 e. The van der Waals surface area contributed by atoms with E-state index in [9.17, 15) is 14.5 Å². The number of anilines is 1. The Morgan fingerprint density at radius 3 is 2.47 bits per heavy atom. The van der Waals surface area contributed by atoms with Crippen LogP contribution < -0.4 is 5.32 Å². The summed E-state index contributed by atoms with van der Waals surface area (Å²) < 4.78 is 13.1. The summed E-state index contributed by atoms with van der Waals surface area (Å²) in [7, 11) is 0. The molecule has 0 aromatic heterocycles. The van der Waals surface area contributed by atoms with Crippen molar-refractivity contribution in [1.29, 1.82) is 0 Å². The normalized spacial score (nSPS) is 11.3. The van der Waals surface area contributed by atoms with Gasteiger partial charge in [-0.15, -0.1) is 0 Å². The molecule has 1 aromatic rings. The van der Waals surface area contributed by atoms with Crippen molar-refractivity contribution in [3.05, 3.63) is 34.1 Å². The van der Waals surface area contributed by atoms with E-state index in [0.29, 0.717) is 0 Å². The molecule has 0 heterocycles. The number of hydrogen-bond donors (Lipinski definition) is 1. The number of benzene rings is 1. The van der Waals surface area contributed by atoms with Crippen molar-refractivity contribution in [2.24, 2.45) is 0 Å². The molecule has 94 valence electrons. The van der Waals surface area contributed by atoms with Gasteiger partial charge < -0.3 is 5.32 Å². The van der Waals surface area contributed by atoms with E-state index in [1.54, 1.807) is 0 Å². The average molecular weight is 240 g/mol. The Bertz CT molecular complexity index is 417. The minimum absolute atomic E-state index is 0.0977. The molecule has 17 heavy (non-hydrogen) atoms. The Morgan fingerprint density at radius 1 is 1.41 bits per heavy atom. The molecular weight excluding hydrogens is 223 g/mol. The van der Waals surface area contributed by atoms with Gasteiger partial charge in [0.25, 0.3) is 5.69 Å². The lowest BCUT2D eigenvalue weighted by Crippen LogP contribution is -2.33. The highest BCUT2D eigenvalue weighted by Crippen LogP contribution is 2.30. The molecule has 0 unspecified atom stereocenters. The molecule has 5 heteroatoms. The number of nitro groups is 1. The van der Waals surface area contributed by atoms with E-state index < -0.39 is 10.7 Å². The van der Waals surface area contributed by atoms with Crippen molar-refractivity contribution in [3.8, 4) is 0 Å². The van der Waals surface area contributed by atoms with Crippen molar-refractivity contribution >= 4 is 11.4 Å². The van der Waals surface area contributed by atoms with Crippen LogP contribution in [0.1, 0.15) is 33.6 Å². The molecule has 0 aliphatic rings. The first kappa shape index (κ1) is 13.4. The zero-order valence-electron chi connectivity index (χ0n) is 10.3. The SMILES string of the molecule is CCC(C)(CC)Nc1cc(F)ccc1[N+](=O)[O-]. The van der Waals surface area contributed by atoms with Crippen LogP contribution >= 0.6 is 0 Å². The zero-order chi connectivity index (χ0) is 13.1. The Morgan fingerprint density at radius 2 is 2.00 bits per heavy atom. The van der Waals surface area contributed by atoms with E-state index in [0.717, 1.165) is 18.9 Å². The zero-order valence-corrected chi connectivity index (χ0v) is 10.3. The van der Waals surface area contributed by atoms with Crippen molar-refractivity contribution < 1.29 is 9.31 Å². The maximum absolute atomic E-state index is 13.1. The summed E-state index contributed by atoms with van der Waals surface area (Å²) >= 11 is 0. The first-order valence-corrected chi connectivity index (χ1v) is 5.64. The van der Waals surface area contributed by atoms with E-state index in [2.05, 4.69) is 5.32 Å². The summed E-state index contributed by atoms with van der Waals surface area (Å²) in [5.41, 5.74) is -0.126. The lowest BCUT2D eigenvalue weighted by molar-refractivity contribution is -0.384. The molecule has 0 radical (unpaired) electrons. The van der Waals surface area contributed by atoms with Gasteiger partial charge in [0, 0.05) is 17.7 Å². The van der Waals surface area contributed by atoms with Crippen LogP contribution in [0.25, 0.3) is 0 Å². The maximum atomic E-state index is 13.1. The van der Waals surface area contributed by atoms with Gasteiger partial charge in [0.2, 0.25) is 0 Å². The van der Waals surface area contributed by atoms with Crippen LogP contribution in [0.5, 0.6) is 0 Å². The number of nitro benzene ring substituents is 1. The van der Waals surface area contributed by atoms with Crippen molar-refractivity contribution in [3.63, 3.8) is 0 Å². The van der Waals surface area contributed by atoms with Gasteiger partial charge >= 0.3 is 0 Å². The Labute approximate surface area is 100.0 Å². The van der Waals surface area contributed by atoms with Crippen LogP contribution in [0.4, 0.5) is 15.8 Å². The van der Waals surface area contributed by atoms with Gasteiger partial charge in [0.1, 0.15) is 11.5 Å². The van der Waals surface area contributed by atoms with Gasteiger partial charge in [0.05, 0.1) is 4.92 Å². The molecule has 0 atom stereocenters. The number of halogens is 1. The van der Waals surface area contributed by atoms with Crippen LogP contribution in [0, 0.1) is 15.9 Å². The first-order chi connectivity index (χ1) is 7.91. The highest BCUT2D eigenvalue weighted by atomic mass is 19.1. The fraction of sp³-hybridized carbons (Fsp3) is 0.500. The molecule has 0 saturated carbocycles. The Balaban J connectivity index is 3.12. The summed E-state index contributed by atoms with van der Waals surface area (Å²) in [5, 5.41) is 13.9. The van der Waals surface area contributed by atoms with E-state index in [4.69, 9.17) is 0 Å². The molecule has 0 aliphatic heterocycles. The van der Waals surface area contributed by atoms with Crippen LogP contribution in [0.15, 0.2) is 18.2 Å². The standard InChI is InChI=1S/C12H17FN2O2/c1-4-12(3,5-2)14-10-8-9(13)6-7-11(10)15(16)17/h6-8,14H,4-5H2,1-3H3. The number of rotatable bonds is 5. The maximum Gasteiger partial charge on any atom is 0.292 e. The van der Waals surface area contributed by atoms with Gasteiger partial charge in [-0.2, -0.15) is 0 Å². The molecule has 0 bridgehead atoms. The molecular formula is C12H17FN2O2. The summed E-state index contributed by atoms with van der Waals surface area (Å²) in [6.07, 6.45) is 1.61. The second kappa shape index (κ2) is 5.12. The Kier molecular flexibility index (Phi) is 4.04. The van der Waals surface area contributed by atoms with Crippen LogP contribution in [0.2, 0.25) is 0 Å². The Hall–Kier alpha value is -1.65. The van der Waals surface area contributed by atoms with Gasteiger partial charge in [-0.3, -0.25) is 10.1 Å². The molecule has 4 nitrogen and oxygen atoms in total. The molecule has 0 amide bonds. The van der Waals surface area contributed by atoms with Crippen molar-refractivity contribution in [2.75, 3.05) is 5.32 Å². The first-order valence-electron chi connectivity index (χ1n) is 5.64. The van der Waals surface area contributed by atoms with Crippen LogP contribution in [-0.4, -0.2) is 10.5 Å². The van der Waals surface area contributed by atoms with E-state index in [1.165, 1.54) is 12.1 Å². The molecule has 0 saturated heterocycles. The highest BCUT2D eigenvalue weighted by Gasteiger charge is 2.24. The van der Waals surface area contributed by atoms with Crippen LogP contribution in [0.3, 0.4) is 0 Å². The third kappa shape index (κ3) is 3.15. The quantitative estimate of drug-likeness (QED) is 0.630. The molecule has 0 aliphatic carbocycles. The minimum atomic E-state index is -0.506. The second-order valence-corrected chi connectivity index (χ2v) is 4.31. The number of hydrogen-bond acceptors (Lipinski definition) is 3. The molecule has 1 N–H and O–H groups in total. The summed E-state index contributed by atoms with van der Waals surface area (Å²) in [5.74, 6) is -0.479. The molecule has 0 spiro atoms. The molecule has 1 aromatic carbocycles. The van der Waals surface area contributed by atoms with E-state index in [-0.39, 0.29) is 16.9 Å². The lowest BCUT2D eigenvalue weighted by atomic mass is 9.95. The second-order valence-electron chi connectivity index (χ2n) is 4.31. The predicted molar refractivity (Wildman–Crippen MR) is 65.7 cm³/mol. The van der Waals surface area contributed by atoms with Gasteiger partial charge in [-0.25, -0.2) is 4.39 Å². The summed E-state index contributed by atoms with van der Waals surface area (Å²) in [4.78, 5) is 10.3. The topological polar surface area (TPSA) is 55.2 Å². The molecule has 0 fully saturated rings. The summed E-state index contributed by atoms with van der Waals surface area (Å²) in [6, 6.07) is 3.45. The fourth-order valence-corrected chi connectivity index (χ4v) is 1.52. The third-order valence-electron chi connectivity index (χ3n) is 3.15. The summed E-state index contributed by atoms with van der Waals surface area (Å²) in [6.45, 7) is 5.94. The minimum Gasteiger partial charge on any atom is -0.374 e. The molecule has 1 rings (SSSR count). The van der Waals surface area contributed by atoms with E-state index in [1.807, 2.05) is 20.8 Å². The van der Waals surface area contributed by atoms with Crippen molar-refractivity contribution in [2.45, 2.75) is 39.2 Å². The number of nitrogens with one attached hydrogen (secondary N) is 1. The monoisotopic (exact) mass is 240 g/mol. The average Bonchev–Trinajstić information content (AvgIpc) is 2.28. The largest absolute Gasteiger partial charge is 0.374 e. The highest BCUT2D eigenvalue weighted by molar-refractivity contribution is 5.62. The van der Waals surface area contributed by atoms with E-state index >= 15 is 0 Å².